The minimum atomic E-state index is -3.69. The lowest BCUT2D eigenvalue weighted by atomic mass is 10.0. The average Bonchev–Trinajstić information content (AvgIpc) is 2.79. The van der Waals surface area contributed by atoms with Crippen molar-refractivity contribution in [3.05, 3.63) is 90.5 Å². The Morgan fingerprint density at radius 2 is 1.81 bits per heavy atom. The van der Waals surface area contributed by atoms with Crippen molar-refractivity contribution >= 4 is 20.8 Å². The van der Waals surface area contributed by atoms with Gasteiger partial charge in [0.05, 0.1) is 4.90 Å². The highest BCUT2D eigenvalue weighted by molar-refractivity contribution is 7.89. The van der Waals surface area contributed by atoms with Gasteiger partial charge in [0.15, 0.2) is 0 Å². The summed E-state index contributed by atoms with van der Waals surface area (Å²) < 4.78 is 55.3. The third-order valence-electron chi connectivity index (χ3n) is 4.93. The van der Waals surface area contributed by atoms with Crippen LogP contribution in [0, 0.1) is 11.8 Å². The summed E-state index contributed by atoms with van der Waals surface area (Å²) in [4.78, 5) is 7.76. The monoisotopic (exact) mass is 454 g/mol. The van der Waals surface area contributed by atoms with Crippen LogP contribution in [0.5, 0.6) is 0 Å². The summed E-state index contributed by atoms with van der Waals surface area (Å²) in [5, 5.41) is 4.44. The number of sulfonamides is 1. The van der Waals surface area contributed by atoms with Crippen molar-refractivity contribution < 1.29 is 17.2 Å². The summed E-state index contributed by atoms with van der Waals surface area (Å²) in [5.74, 6) is -1.06. The fraction of sp³-hybridized carbons (Fsp3) is 0.130. The van der Waals surface area contributed by atoms with Gasteiger partial charge in [-0.2, -0.15) is 4.39 Å². The van der Waals surface area contributed by atoms with Crippen LogP contribution in [0.2, 0.25) is 0 Å². The van der Waals surface area contributed by atoms with Gasteiger partial charge < -0.3 is 5.32 Å². The maximum Gasteiger partial charge on any atom is 0.241 e. The summed E-state index contributed by atoms with van der Waals surface area (Å²) in [6.45, 7) is 0.892. The number of fused-ring (bicyclic) bond motifs is 1. The van der Waals surface area contributed by atoms with Gasteiger partial charge in [-0.05, 0) is 35.9 Å². The number of nitrogens with one attached hydrogen (secondary N) is 2. The Morgan fingerprint density at radius 3 is 2.59 bits per heavy atom. The van der Waals surface area contributed by atoms with Crippen molar-refractivity contribution in [3.8, 4) is 11.1 Å². The molecule has 0 radical (unpaired) electrons. The van der Waals surface area contributed by atoms with E-state index >= 15 is 0 Å². The van der Waals surface area contributed by atoms with Crippen LogP contribution in [0.1, 0.15) is 5.56 Å². The first-order valence-corrected chi connectivity index (χ1v) is 11.4. The van der Waals surface area contributed by atoms with Crippen LogP contribution in [0.4, 0.5) is 8.78 Å². The van der Waals surface area contributed by atoms with E-state index in [1.54, 1.807) is 48.8 Å². The molecule has 4 aromatic rings. The van der Waals surface area contributed by atoms with E-state index < -0.39 is 21.8 Å². The van der Waals surface area contributed by atoms with Crippen LogP contribution in [0.25, 0.3) is 21.9 Å². The SMILES string of the molecule is O=S(=O)(NCCNCc1ccc(-c2ccc(F)nc2)c(F)c1)c1cccc2cnccc12. The Kier molecular flexibility index (Phi) is 6.50. The van der Waals surface area contributed by atoms with Gasteiger partial charge in [0.2, 0.25) is 16.0 Å². The number of hydrogen-bond acceptors (Lipinski definition) is 5. The maximum atomic E-state index is 14.4. The standard InChI is InChI=1S/C23H20F2N4O2S/c24-21-12-16(4-6-19(21)18-5-7-23(25)28-15-18)13-27-10-11-29-32(30,31)22-3-1-2-17-14-26-9-8-20(17)22/h1-9,12,14-15,27,29H,10-11,13H2. The number of pyridine rings is 2. The molecule has 0 unspecified atom stereocenters. The largest absolute Gasteiger partial charge is 0.311 e. The van der Waals surface area contributed by atoms with E-state index in [9.17, 15) is 17.2 Å². The third kappa shape index (κ3) is 4.96. The Bertz CT molecular complexity index is 1340. The molecule has 0 fully saturated rings. The molecule has 0 amide bonds. The van der Waals surface area contributed by atoms with Gasteiger partial charge in [-0.15, -0.1) is 0 Å². The van der Waals surface area contributed by atoms with E-state index in [4.69, 9.17) is 0 Å². The number of rotatable bonds is 8. The predicted octanol–water partition coefficient (Wildman–Crippen LogP) is 3.64. The van der Waals surface area contributed by atoms with Crippen LogP contribution in [0.3, 0.4) is 0 Å². The Morgan fingerprint density at radius 1 is 0.938 bits per heavy atom. The van der Waals surface area contributed by atoms with Gasteiger partial charge in [0, 0.05) is 60.1 Å². The van der Waals surface area contributed by atoms with Crippen LogP contribution < -0.4 is 10.0 Å². The zero-order valence-corrected chi connectivity index (χ0v) is 17.7. The summed E-state index contributed by atoms with van der Waals surface area (Å²) in [5.41, 5.74) is 1.52. The fourth-order valence-corrected chi connectivity index (χ4v) is 4.61. The number of halogens is 2. The lowest BCUT2D eigenvalue weighted by Gasteiger charge is -2.11. The van der Waals surface area contributed by atoms with Crippen molar-refractivity contribution in [3.63, 3.8) is 0 Å². The predicted molar refractivity (Wildman–Crippen MR) is 118 cm³/mol. The Balaban J connectivity index is 1.32. The average molecular weight is 455 g/mol. The molecule has 0 aliphatic carbocycles. The summed E-state index contributed by atoms with van der Waals surface area (Å²) >= 11 is 0. The van der Waals surface area contributed by atoms with Crippen molar-refractivity contribution in [1.29, 1.82) is 0 Å². The molecular weight excluding hydrogens is 434 g/mol. The maximum absolute atomic E-state index is 14.4. The first-order valence-electron chi connectivity index (χ1n) is 9.87. The van der Waals surface area contributed by atoms with Crippen LogP contribution in [-0.4, -0.2) is 31.5 Å². The lowest BCUT2D eigenvalue weighted by Crippen LogP contribution is -2.31. The smallest absolute Gasteiger partial charge is 0.241 e. The second kappa shape index (κ2) is 9.47. The molecule has 2 N–H and O–H groups in total. The Labute approximate surface area is 184 Å². The molecule has 6 nitrogen and oxygen atoms in total. The van der Waals surface area contributed by atoms with Crippen LogP contribution in [0.15, 0.2) is 78.1 Å². The van der Waals surface area contributed by atoms with Crippen LogP contribution in [-0.2, 0) is 16.6 Å². The molecule has 0 saturated carbocycles. The van der Waals surface area contributed by atoms with Crippen LogP contribution >= 0.6 is 0 Å². The molecule has 32 heavy (non-hydrogen) atoms. The summed E-state index contributed by atoms with van der Waals surface area (Å²) in [7, 11) is -3.69. The molecule has 4 rings (SSSR count). The van der Waals surface area contributed by atoms with Crippen molar-refractivity contribution in [1.82, 2.24) is 20.0 Å². The van der Waals surface area contributed by atoms with Gasteiger partial charge in [-0.25, -0.2) is 22.5 Å². The van der Waals surface area contributed by atoms with Crippen molar-refractivity contribution in [2.45, 2.75) is 11.4 Å². The topological polar surface area (TPSA) is 84.0 Å². The number of benzene rings is 2. The third-order valence-corrected chi connectivity index (χ3v) is 6.44. The lowest BCUT2D eigenvalue weighted by molar-refractivity contribution is 0.576. The minimum absolute atomic E-state index is 0.172. The van der Waals surface area contributed by atoms with E-state index in [-0.39, 0.29) is 11.4 Å². The van der Waals surface area contributed by atoms with Gasteiger partial charge in [-0.1, -0.05) is 24.3 Å². The quantitative estimate of drug-likeness (QED) is 0.314. The normalized spacial score (nSPS) is 11.7. The van der Waals surface area contributed by atoms with E-state index in [0.29, 0.717) is 35.2 Å². The zero-order chi connectivity index (χ0) is 22.6. The molecule has 9 heteroatoms. The molecule has 0 saturated heterocycles. The Hall–Kier alpha value is -3.27. The highest BCUT2D eigenvalue weighted by Gasteiger charge is 2.16. The van der Waals surface area contributed by atoms with E-state index in [1.807, 2.05) is 0 Å². The van der Waals surface area contributed by atoms with Crippen molar-refractivity contribution in [2.75, 3.05) is 13.1 Å². The molecule has 0 aliphatic rings. The second-order valence-corrected chi connectivity index (χ2v) is 8.85. The second-order valence-electron chi connectivity index (χ2n) is 7.11. The molecule has 0 aliphatic heterocycles. The summed E-state index contributed by atoms with van der Waals surface area (Å²) in [6.07, 6.45) is 4.46. The van der Waals surface area contributed by atoms with E-state index in [0.717, 1.165) is 5.39 Å². The van der Waals surface area contributed by atoms with Gasteiger partial charge in [0.25, 0.3) is 0 Å². The molecule has 2 aromatic carbocycles. The highest BCUT2D eigenvalue weighted by atomic mass is 32.2. The summed E-state index contributed by atoms with van der Waals surface area (Å²) in [6, 6.07) is 14.1. The molecule has 2 aromatic heterocycles. The van der Waals surface area contributed by atoms with Gasteiger partial charge >= 0.3 is 0 Å². The van der Waals surface area contributed by atoms with Gasteiger partial charge in [-0.3, -0.25) is 4.98 Å². The van der Waals surface area contributed by atoms with Crippen molar-refractivity contribution in [2.24, 2.45) is 0 Å². The number of aromatic nitrogens is 2. The van der Waals surface area contributed by atoms with Gasteiger partial charge in [0.1, 0.15) is 5.82 Å². The fourth-order valence-electron chi connectivity index (χ4n) is 3.35. The molecule has 0 spiro atoms. The molecular formula is C23H20F2N4O2S. The van der Waals surface area contributed by atoms with E-state index in [1.165, 1.54) is 24.4 Å². The van der Waals surface area contributed by atoms with E-state index in [2.05, 4.69) is 20.0 Å². The molecule has 2 heterocycles. The first kappa shape index (κ1) is 21.9. The minimum Gasteiger partial charge on any atom is -0.311 e. The highest BCUT2D eigenvalue weighted by Crippen LogP contribution is 2.23. The molecule has 164 valence electrons. The first-order chi connectivity index (χ1) is 15.4. The number of hydrogen-bond donors (Lipinski definition) is 2. The number of nitrogens with zero attached hydrogens (tertiary/aromatic N) is 2. The molecule has 0 bridgehead atoms. The zero-order valence-electron chi connectivity index (χ0n) is 16.9. The molecule has 0 atom stereocenters.